The van der Waals surface area contributed by atoms with Gasteiger partial charge in [0.05, 0.1) is 31.7 Å². The lowest BCUT2D eigenvalue weighted by molar-refractivity contribution is 0.110. The van der Waals surface area contributed by atoms with Crippen molar-refractivity contribution in [2.45, 2.75) is 19.3 Å². The number of hydrogen-bond acceptors (Lipinski definition) is 5. The van der Waals surface area contributed by atoms with E-state index in [1.807, 2.05) is 5.01 Å². The highest BCUT2D eigenvalue weighted by atomic mass is 32.1. The van der Waals surface area contributed by atoms with E-state index in [0.29, 0.717) is 31.1 Å². The normalized spacial score (nSPS) is 18.7. The van der Waals surface area contributed by atoms with Crippen molar-refractivity contribution in [2.24, 2.45) is 0 Å². The molecule has 2 aromatic rings. The van der Waals surface area contributed by atoms with Gasteiger partial charge >= 0.3 is 0 Å². The largest absolute Gasteiger partial charge is 0.378 e. The summed E-state index contributed by atoms with van der Waals surface area (Å²) in [4.78, 5) is 18.4. The topological polar surface area (TPSA) is 50.3 Å². The molecule has 2 aromatic heterocycles. The van der Waals surface area contributed by atoms with Crippen LogP contribution >= 0.6 is 23.6 Å². The summed E-state index contributed by atoms with van der Waals surface area (Å²) in [5.74, 6) is 0. The highest BCUT2D eigenvalue weighted by Gasteiger charge is 2.23. The zero-order valence-electron chi connectivity index (χ0n) is 11.0. The minimum Gasteiger partial charge on any atom is -0.378 e. The number of aromatic amines is 1. The van der Waals surface area contributed by atoms with Crippen LogP contribution in [0.5, 0.6) is 0 Å². The van der Waals surface area contributed by atoms with Crippen LogP contribution < -0.4 is 10.6 Å². The van der Waals surface area contributed by atoms with E-state index < -0.39 is 0 Å². The van der Waals surface area contributed by atoms with Crippen LogP contribution in [0.4, 0.5) is 0 Å². The predicted molar refractivity (Wildman–Crippen MR) is 82.1 cm³/mol. The Balaban J connectivity index is 1.97. The Morgan fingerprint density at radius 3 is 2.85 bits per heavy atom. The number of morpholine rings is 1. The molecule has 4 rings (SSSR count). The lowest BCUT2D eigenvalue weighted by Gasteiger charge is -2.29. The van der Waals surface area contributed by atoms with Gasteiger partial charge < -0.3 is 14.7 Å². The van der Waals surface area contributed by atoms with Gasteiger partial charge in [0, 0.05) is 4.88 Å². The minimum atomic E-state index is 0.0325. The van der Waals surface area contributed by atoms with E-state index in [2.05, 4.69) is 4.98 Å². The standard InChI is InChI=1S/C13H15N3O2S2/c17-12-10-8-2-1-3-9(8)20-11(10)14-13(19)16(12)15-4-6-18-7-5-15/h1-7H2,(H,14,19). The van der Waals surface area contributed by atoms with E-state index in [-0.39, 0.29) is 5.56 Å². The van der Waals surface area contributed by atoms with Gasteiger partial charge in [-0.25, -0.2) is 0 Å². The van der Waals surface area contributed by atoms with Crippen molar-refractivity contribution in [2.75, 3.05) is 31.3 Å². The van der Waals surface area contributed by atoms with Gasteiger partial charge in [-0.1, -0.05) is 0 Å². The first-order chi connectivity index (χ1) is 9.75. The number of H-pyrrole nitrogens is 1. The summed E-state index contributed by atoms with van der Waals surface area (Å²) in [5, 5.41) is 2.84. The number of nitrogens with zero attached hydrogens (tertiary/aromatic N) is 2. The summed E-state index contributed by atoms with van der Waals surface area (Å²) in [5.41, 5.74) is 1.27. The molecule has 7 heteroatoms. The highest BCUT2D eigenvalue weighted by molar-refractivity contribution is 7.71. The second kappa shape index (κ2) is 4.68. The van der Waals surface area contributed by atoms with Crippen LogP contribution in [0.25, 0.3) is 10.2 Å². The number of fused-ring (bicyclic) bond motifs is 3. The molecule has 0 unspecified atom stereocenters. The molecule has 0 spiro atoms. The van der Waals surface area contributed by atoms with Crippen LogP contribution in [0.2, 0.25) is 0 Å². The molecule has 1 saturated heterocycles. The smallest absolute Gasteiger partial charge is 0.282 e. The second-order valence-electron chi connectivity index (χ2n) is 5.17. The molecule has 0 aromatic carbocycles. The van der Waals surface area contributed by atoms with Crippen molar-refractivity contribution in [3.05, 3.63) is 25.6 Å². The Morgan fingerprint density at radius 1 is 1.25 bits per heavy atom. The molecule has 1 aliphatic carbocycles. The number of ether oxygens (including phenoxy) is 1. The molecule has 1 N–H and O–H groups in total. The molecule has 0 amide bonds. The summed E-state index contributed by atoms with van der Waals surface area (Å²) in [6, 6.07) is 0. The molecule has 0 saturated carbocycles. The molecule has 0 radical (unpaired) electrons. The first-order valence-corrected chi connectivity index (χ1v) is 8.11. The fraction of sp³-hybridized carbons (Fsp3) is 0.538. The van der Waals surface area contributed by atoms with Gasteiger partial charge in [-0.2, -0.15) is 4.68 Å². The van der Waals surface area contributed by atoms with Gasteiger partial charge in [0.15, 0.2) is 0 Å². The van der Waals surface area contributed by atoms with Gasteiger partial charge in [0.25, 0.3) is 5.56 Å². The summed E-state index contributed by atoms with van der Waals surface area (Å²) in [6.45, 7) is 2.69. The molecule has 1 fully saturated rings. The van der Waals surface area contributed by atoms with Crippen LogP contribution in [0.15, 0.2) is 4.79 Å². The van der Waals surface area contributed by atoms with E-state index in [0.717, 1.165) is 29.5 Å². The number of hydrogen-bond donors (Lipinski definition) is 1. The maximum atomic E-state index is 12.9. The van der Waals surface area contributed by atoms with Crippen molar-refractivity contribution in [1.29, 1.82) is 0 Å². The Hall–Kier alpha value is -1.18. The summed E-state index contributed by atoms with van der Waals surface area (Å²) in [7, 11) is 0. The maximum Gasteiger partial charge on any atom is 0.282 e. The molecular formula is C13H15N3O2S2. The van der Waals surface area contributed by atoms with Crippen LogP contribution in [-0.2, 0) is 17.6 Å². The molecule has 5 nitrogen and oxygen atoms in total. The van der Waals surface area contributed by atoms with Gasteiger partial charge in [-0.15, -0.1) is 11.3 Å². The van der Waals surface area contributed by atoms with E-state index in [9.17, 15) is 4.79 Å². The van der Waals surface area contributed by atoms with Gasteiger partial charge in [-0.05, 0) is 37.0 Å². The zero-order chi connectivity index (χ0) is 13.7. The molecule has 0 atom stereocenters. The van der Waals surface area contributed by atoms with Crippen LogP contribution in [-0.4, -0.2) is 36.0 Å². The molecule has 1 aliphatic heterocycles. The SMILES string of the molecule is O=c1c2c3c(sc2[nH]c(=S)n1N1CCOCC1)CCC3. The number of aromatic nitrogens is 2. The summed E-state index contributed by atoms with van der Waals surface area (Å²) in [6.07, 6.45) is 3.26. The van der Waals surface area contributed by atoms with Crippen molar-refractivity contribution < 1.29 is 4.74 Å². The third-order valence-corrected chi connectivity index (χ3v) is 5.49. The number of aryl methyl sites for hydroxylation is 2. The average Bonchev–Trinajstić information content (AvgIpc) is 2.99. The highest BCUT2D eigenvalue weighted by Crippen LogP contribution is 2.34. The molecule has 2 aliphatic rings. The van der Waals surface area contributed by atoms with Gasteiger partial charge in [0.2, 0.25) is 4.77 Å². The number of thiophene rings is 1. The van der Waals surface area contributed by atoms with Crippen LogP contribution in [0.1, 0.15) is 16.9 Å². The van der Waals surface area contributed by atoms with Crippen molar-refractivity contribution in [3.63, 3.8) is 0 Å². The summed E-state index contributed by atoms with van der Waals surface area (Å²) < 4.78 is 7.47. The number of nitrogens with one attached hydrogen (secondary N) is 1. The second-order valence-corrected chi connectivity index (χ2v) is 6.67. The Labute approximate surface area is 124 Å². The van der Waals surface area contributed by atoms with Crippen molar-refractivity contribution in [3.8, 4) is 0 Å². The fourth-order valence-corrected chi connectivity index (χ4v) is 4.72. The van der Waals surface area contributed by atoms with E-state index in [1.54, 1.807) is 16.0 Å². The molecule has 3 heterocycles. The monoisotopic (exact) mass is 309 g/mol. The Bertz CT molecular complexity index is 783. The Kier molecular flexibility index (Phi) is 2.94. The van der Waals surface area contributed by atoms with Crippen molar-refractivity contribution >= 4 is 33.8 Å². The van der Waals surface area contributed by atoms with Gasteiger partial charge in [0.1, 0.15) is 4.83 Å². The quantitative estimate of drug-likeness (QED) is 0.813. The fourth-order valence-electron chi connectivity index (χ4n) is 3.08. The van der Waals surface area contributed by atoms with E-state index in [4.69, 9.17) is 17.0 Å². The first kappa shape index (κ1) is 12.6. The summed E-state index contributed by atoms with van der Waals surface area (Å²) >= 11 is 7.08. The molecule has 20 heavy (non-hydrogen) atoms. The lowest BCUT2D eigenvalue weighted by atomic mass is 10.2. The molecular weight excluding hydrogens is 294 g/mol. The zero-order valence-corrected chi connectivity index (χ0v) is 12.6. The first-order valence-electron chi connectivity index (χ1n) is 6.88. The predicted octanol–water partition coefficient (Wildman–Crippen LogP) is 1.58. The van der Waals surface area contributed by atoms with Gasteiger partial charge in [-0.3, -0.25) is 4.79 Å². The maximum absolute atomic E-state index is 12.9. The minimum absolute atomic E-state index is 0.0325. The molecule has 106 valence electrons. The van der Waals surface area contributed by atoms with Crippen LogP contribution in [0.3, 0.4) is 0 Å². The Morgan fingerprint density at radius 2 is 2.05 bits per heavy atom. The molecule has 0 bridgehead atoms. The number of rotatable bonds is 1. The van der Waals surface area contributed by atoms with E-state index in [1.165, 1.54) is 10.4 Å². The lowest BCUT2D eigenvalue weighted by Crippen LogP contribution is -2.49. The van der Waals surface area contributed by atoms with E-state index >= 15 is 0 Å². The average molecular weight is 309 g/mol. The van der Waals surface area contributed by atoms with Crippen molar-refractivity contribution in [1.82, 2.24) is 9.66 Å². The third kappa shape index (κ3) is 1.77. The third-order valence-electron chi connectivity index (χ3n) is 4.01. The van der Waals surface area contributed by atoms with Crippen LogP contribution in [0, 0.1) is 4.77 Å².